The average molecular weight is 275 g/mol. The number of piperidine rings is 1. The van der Waals surface area contributed by atoms with Crippen LogP contribution in [0.2, 0.25) is 0 Å². The summed E-state index contributed by atoms with van der Waals surface area (Å²) in [6, 6.07) is 5.55. The number of ether oxygens (including phenoxy) is 1. The van der Waals surface area contributed by atoms with Crippen LogP contribution in [0.4, 0.5) is 0 Å². The van der Waals surface area contributed by atoms with E-state index in [1.165, 1.54) is 0 Å². The first-order valence-corrected chi connectivity index (χ1v) is 6.64. The molecule has 1 aromatic rings. The highest BCUT2D eigenvalue weighted by Crippen LogP contribution is 2.33. The van der Waals surface area contributed by atoms with Gasteiger partial charge in [0, 0.05) is 24.6 Å². The van der Waals surface area contributed by atoms with Crippen LogP contribution in [-0.2, 0) is 0 Å². The van der Waals surface area contributed by atoms with E-state index >= 15 is 0 Å². The molecule has 0 aromatic heterocycles. The van der Waals surface area contributed by atoms with Gasteiger partial charge in [0.2, 0.25) is 0 Å². The van der Waals surface area contributed by atoms with Crippen LogP contribution in [0.5, 0.6) is 5.75 Å². The van der Waals surface area contributed by atoms with Crippen molar-refractivity contribution in [3.8, 4) is 5.75 Å². The second kappa shape index (κ2) is 5.81. The average Bonchev–Trinajstić information content (AvgIpc) is 2.46. The molecule has 20 heavy (non-hydrogen) atoms. The normalized spacial score (nSPS) is 18.6. The lowest BCUT2D eigenvalue weighted by Gasteiger charge is -2.33. The molecule has 2 rings (SSSR count). The molecule has 0 radical (unpaired) electrons. The fourth-order valence-corrected chi connectivity index (χ4v) is 2.67. The second-order valence-corrected chi connectivity index (χ2v) is 5.04. The van der Waals surface area contributed by atoms with E-state index in [4.69, 9.17) is 27.0 Å². The molecule has 6 nitrogen and oxygen atoms in total. The number of methoxy groups -OCH3 is 1. The fourth-order valence-electron chi connectivity index (χ4n) is 2.67. The Morgan fingerprint density at radius 3 is 2.70 bits per heavy atom. The summed E-state index contributed by atoms with van der Waals surface area (Å²) in [5.41, 5.74) is 12.9. The number of rotatable bonds is 3. The highest BCUT2D eigenvalue weighted by atomic mass is 16.5. The van der Waals surface area contributed by atoms with E-state index in [1.54, 1.807) is 13.2 Å². The van der Waals surface area contributed by atoms with Crippen LogP contribution in [0.3, 0.4) is 0 Å². The highest BCUT2D eigenvalue weighted by molar-refractivity contribution is 5.95. The second-order valence-electron chi connectivity index (χ2n) is 5.04. The number of likely N-dealkylation sites (tertiary alicyclic amines) is 1. The van der Waals surface area contributed by atoms with Crippen molar-refractivity contribution < 1.29 is 4.74 Å². The number of benzene rings is 1. The van der Waals surface area contributed by atoms with Crippen molar-refractivity contribution in [3.05, 3.63) is 29.3 Å². The molecule has 1 fully saturated rings. The lowest BCUT2D eigenvalue weighted by Crippen LogP contribution is -2.42. The Kier molecular flexibility index (Phi) is 4.12. The van der Waals surface area contributed by atoms with Gasteiger partial charge in [-0.15, -0.1) is 0 Å². The van der Waals surface area contributed by atoms with Crippen molar-refractivity contribution in [2.45, 2.75) is 18.8 Å². The maximum atomic E-state index is 7.57. The molecule has 1 aliphatic heterocycles. The van der Waals surface area contributed by atoms with Gasteiger partial charge >= 0.3 is 0 Å². The molecule has 0 bridgehead atoms. The van der Waals surface area contributed by atoms with E-state index in [2.05, 4.69) is 0 Å². The van der Waals surface area contributed by atoms with Gasteiger partial charge in [-0.1, -0.05) is 0 Å². The Labute approximate surface area is 118 Å². The van der Waals surface area contributed by atoms with Crippen LogP contribution in [0.15, 0.2) is 18.2 Å². The molecule has 1 unspecified atom stereocenters. The third kappa shape index (κ3) is 2.84. The van der Waals surface area contributed by atoms with Crippen LogP contribution in [0.1, 0.15) is 29.9 Å². The monoisotopic (exact) mass is 275 g/mol. The summed E-state index contributed by atoms with van der Waals surface area (Å²) in [5, 5.41) is 15.1. The molecule has 108 valence electrons. The number of nitrogens with one attached hydrogen (secondary N) is 2. The van der Waals surface area contributed by atoms with Gasteiger partial charge in [-0.05, 0) is 36.6 Å². The van der Waals surface area contributed by atoms with Crippen LogP contribution in [0.25, 0.3) is 0 Å². The highest BCUT2D eigenvalue weighted by Gasteiger charge is 2.24. The minimum Gasteiger partial charge on any atom is -0.496 e. The molecule has 1 heterocycles. The Bertz CT molecular complexity index is 528. The van der Waals surface area contributed by atoms with Crippen LogP contribution in [-0.4, -0.2) is 36.9 Å². The van der Waals surface area contributed by atoms with Gasteiger partial charge in [-0.3, -0.25) is 10.8 Å². The van der Waals surface area contributed by atoms with E-state index in [1.807, 2.05) is 17.0 Å². The molecule has 6 N–H and O–H groups in total. The third-order valence-electron chi connectivity index (χ3n) is 3.74. The lowest BCUT2D eigenvalue weighted by molar-refractivity contribution is 0.298. The molecular formula is C14H21N5O. The molecule has 6 heteroatoms. The first kappa shape index (κ1) is 14.2. The van der Waals surface area contributed by atoms with Gasteiger partial charge in [0.1, 0.15) is 11.6 Å². The van der Waals surface area contributed by atoms with Crippen molar-refractivity contribution in [1.82, 2.24) is 4.90 Å². The van der Waals surface area contributed by atoms with Crippen LogP contribution in [0, 0.1) is 10.8 Å². The van der Waals surface area contributed by atoms with E-state index in [0.29, 0.717) is 12.1 Å². The number of guanidine groups is 1. The van der Waals surface area contributed by atoms with Gasteiger partial charge in [-0.25, -0.2) is 0 Å². The van der Waals surface area contributed by atoms with Crippen molar-refractivity contribution >= 4 is 11.8 Å². The van der Waals surface area contributed by atoms with Gasteiger partial charge in [0.25, 0.3) is 0 Å². The van der Waals surface area contributed by atoms with Crippen molar-refractivity contribution in [1.29, 1.82) is 10.8 Å². The van der Waals surface area contributed by atoms with Crippen molar-refractivity contribution in [2.24, 2.45) is 11.5 Å². The molecule has 1 atom stereocenters. The zero-order valence-electron chi connectivity index (χ0n) is 11.6. The van der Waals surface area contributed by atoms with Crippen LogP contribution >= 0.6 is 0 Å². The topological polar surface area (TPSA) is 112 Å². The van der Waals surface area contributed by atoms with Crippen molar-refractivity contribution in [2.75, 3.05) is 20.2 Å². The minimum atomic E-state index is 0.0492. The summed E-state index contributed by atoms with van der Waals surface area (Å²) < 4.78 is 5.41. The summed E-state index contributed by atoms with van der Waals surface area (Å²) in [5.74, 6) is 1.19. The van der Waals surface area contributed by atoms with Gasteiger partial charge in [-0.2, -0.15) is 0 Å². The lowest BCUT2D eigenvalue weighted by atomic mass is 9.89. The molecule has 1 aliphatic rings. The molecule has 1 saturated heterocycles. The summed E-state index contributed by atoms with van der Waals surface area (Å²) in [6.45, 7) is 1.52. The Balaban J connectivity index is 2.32. The maximum absolute atomic E-state index is 7.57. The molecule has 0 amide bonds. The molecular weight excluding hydrogens is 254 g/mol. The number of nitrogen functional groups attached to an aromatic ring is 1. The van der Waals surface area contributed by atoms with E-state index in [-0.39, 0.29) is 17.7 Å². The predicted molar refractivity (Wildman–Crippen MR) is 79.5 cm³/mol. The first-order valence-electron chi connectivity index (χ1n) is 6.64. The van der Waals surface area contributed by atoms with Crippen molar-refractivity contribution in [3.63, 3.8) is 0 Å². The first-order chi connectivity index (χ1) is 9.52. The third-order valence-corrected chi connectivity index (χ3v) is 3.74. The predicted octanol–water partition coefficient (Wildman–Crippen LogP) is 1.05. The SMILES string of the molecule is COc1ccc(C(=N)N)cc1C1CCCN(C(=N)N)C1. The van der Waals surface area contributed by atoms with E-state index in [0.717, 1.165) is 30.7 Å². The number of nitrogens with zero attached hydrogens (tertiary/aromatic N) is 1. The molecule has 0 saturated carbocycles. The van der Waals surface area contributed by atoms with Gasteiger partial charge in [0.15, 0.2) is 5.96 Å². The Morgan fingerprint density at radius 1 is 1.35 bits per heavy atom. The maximum Gasteiger partial charge on any atom is 0.188 e. The number of amidine groups is 1. The van der Waals surface area contributed by atoms with Gasteiger partial charge < -0.3 is 21.1 Å². The summed E-state index contributed by atoms with van der Waals surface area (Å²) in [6.07, 6.45) is 2.00. The molecule has 1 aromatic carbocycles. The number of nitrogens with two attached hydrogens (primary N) is 2. The standard InChI is InChI=1S/C14H21N5O/c1-20-12-5-4-9(13(15)16)7-11(12)10-3-2-6-19(8-10)14(17)18/h4-5,7,10H,2-3,6,8H2,1H3,(H3,15,16)(H3,17,18). The largest absolute Gasteiger partial charge is 0.496 e. The molecule has 0 spiro atoms. The minimum absolute atomic E-state index is 0.0492. The smallest absolute Gasteiger partial charge is 0.188 e. The molecule has 0 aliphatic carbocycles. The zero-order chi connectivity index (χ0) is 14.7. The Hall–Kier alpha value is -2.24. The fraction of sp³-hybridized carbons (Fsp3) is 0.429. The van der Waals surface area contributed by atoms with E-state index in [9.17, 15) is 0 Å². The van der Waals surface area contributed by atoms with E-state index < -0.39 is 0 Å². The zero-order valence-corrected chi connectivity index (χ0v) is 11.6. The summed E-state index contributed by atoms with van der Waals surface area (Å²) in [4.78, 5) is 1.87. The van der Waals surface area contributed by atoms with Gasteiger partial charge in [0.05, 0.1) is 7.11 Å². The van der Waals surface area contributed by atoms with Crippen LogP contribution < -0.4 is 16.2 Å². The number of hydrogen-bond donors (Lipinski definition) is 4. The Morgan fingerprint density at radius 2 is 2.10 bits per heavy atom. The summed E-state index contributed by atoms with van der Waals surface area (Å²) in [7, 11) is 1.64. The quantitative estimate of drug-likeness (QED) is 0.488. The summed E-state index contributed by atoms with van der Waals surface area (Å²) >= 11 is 0. The number of hydrogen-bond acceptors (Lipinski definition) is 3.